The molecule has 1 saturated carbocycles. The normalized spacial score (nSPS) is 24.9. The third-order valence-electron chi connectivity index (χ3n) is 2.56. The van der Waals surface area contributed by atoms with E-state index in [1.165, 1.54) is 12.8 Å². The van der Waals surface area contributed by atoms with Crippen molar-refractivity contribution in [2.24, 2.45) is 5.73 Å². The van der Waals surface area contributed by atoms with Crippen LogP contribution in [0.1, 0.15) is 32.6 Å². The van der Waals surface area contributed by atoms with Crippen molar-refractivity contribution in [3.8, 4) is 0 Å². The molecule has 0 heterocycles. The fourth-order valence-electron chi connectivity index (χ4n) is 1.74. The first-order valence-electron chi connectivity index (χ1n) is 4.69. The van der Waals surface area contributed by atoms with Crippen molar-refractivity contribution in [1.29, 1.82) is 0 Å². The molecule has 0 aromatic heterocycles. The average molecular weight is 169 g/mol. The fraction of sp³-hybridized carbons (Fsp3) is 0.800. The van der Waals surface area contributed by atoms with Crippen molar-refractivity contribution >= 4 is 0 Å². The molecule has 70 valence electrons. The molecular formula is C10H19NO. The molecule has 1 aliphatic carbocycles. The zero-order valence-electron chi connectivity index (χ0n) is 8.05. The minimum Gasteiger partial charge on any atom is -0.374 e. The quantitative estimate of drug-likeness (QED) is 0.654. The maximum Gasteiger partial charge on any atom is 0.0859 e. The highest BCUT2D eigenvalue weighted by Gasteiger charge is 2.30. The molecule has 0 bridgehead atoms. The summed E-state index contributed by atoms with van der Waals surface area (Å²) in [6.45, 7) is 1.98. The van der Waals surface area contributed by atoms with Gasteiger partial charge in [0.25, 0.3) is 0 Å². The molecule has 0 aliphatic heterocycles. The van der Waals surface area contributed by atoms with Gasteiger partial charge in [0.2, 0.25) is 0 Å². The second kappa shape index (κ2) is 4.06. The van der Waals surface area contributed by atoms with Crippen LogP contribution in [0.15, 0.2) is 12.2 Å². The molecule has 2 N–H and O–H groups in total. The molecule has 1 atom stereocenters. The van der Waals surface area contributed by atoms with Crippen LogP contribution in [0.4, 0.5) is 0 Å². The molecule has 0 radical (unpaired) electrons. The van der Waals surface area contributed by atoms with Crippen LogP contribution in [0.3, 0.4) is 0 Å². The molecule has 0 amide bonds. The van der Waals surface area contributed by atoms with Crippen LogP contribution in [0.25, 0.3) is 0 Å². The van der Waals surface area contributed by atoms with E-state index in [2.05, 4.69) is 6.08 Å². The minimum atomic E-state index is 0.00757. The molecular weight excluding hydrogens is 150 g/mol. The van der Waals surface area contributed by atoms with Gasteiger partial charge in [0, 0.05) is 13.2 Å². The highest BCUT2D eigenvalue weighted by atomic mass is 16.5. The molecule has 0 aromatic rings. The van der Waals surface area contributed by atoms with Crippen LogP contribution >= 0.6 is 0 Å². The van der Waals surface area contributed by atoms with E-state index >= 15 is 0 Å². The van der Waals surface area contributed by atoms with E-state index in [9.17, 15) is 0 Å². The van der Waals surface area contributed by atoms with Gasteiger partial charge >= 0.3 is 0 Å². The first-order chi connectivity index (χ1) is 5.68. The van der Waals surface area contributed by atoms with Gasteiger partial charge in [-0.15, -0.1) is 0 Å². The molecule has 0 aromatic carbocycles. The topological polar surface area (TPSA) is 35.2 Å². The van der Waals surface area contributed by atoms with Crippen LogP contribution in [-0.4, -0.2) is 18.8 Å². The summed E-state index contributed by atoms with van der Waals surface area (Å²) in [5, 5.41) is 0. The first-order valence-corrected chi connectivity index (χ1v) is 4.69. The average Bonchev–Trinajstić information content (AvgIpc) is 2.50. The lowest BCUT2D eigenvalue weighted by molar-refractivity contribution is 0.0385. The second-order valence-corrected chi connectivity index (χ2v) is 3.69. The van der Waals surface area contributed by atoms with Crippen molar-refractivity contribution in [3.05, 3.63) is 12.2 Å². The van der Waals surface area contributed by atoms with Crippen molar-refractivity contribution in [3.63, 3.8) is 0 Å². The maximum absolute atomic E-state index is 5.64. The van der Waals surface area contributed by atoms with E-state index in [0.717, 1.165) is 12.8 Å². The van der Waals surface area contributed by atoms with E-state index in [-0.39, 0.29) is 11.6 Å². The highest BCUT2D eigenvalue weighted by Crippen LogP contribution is 2.33. The predicted octanol–water partition coefficient (Wildman–Crippen LogP) is 1.85. The van der Waals surface area contributed by atoms with Gasteiger partial charge in [0.15, 0.2) is 0 Å². The standard InChI is InChI=1S/C10H19NO/c1-9(11)5-8-10(12-2)6-3-4-7-10/h5,8-9H,3-4,6-7,11H2,1-2H3/b8-5+. The van der Waals surface area contributed by atoms with Crippen LogP contribution in [0.5, 0.6) is 0 Å². The van der Waals surface area contributed by atoms with Crippen molar-refractivity contribution in [1.82, 2.24) is 0 Å². The third-order valence-corrected chi connectivity index (χ3v) is 2.56. The van der Waals surface area contributed by atoms with Crippen molar-refractivity contribution < 1.29 is 4.74 Å². The summed E-state index contributed by atoms with van der Waals surface area (Å²) in [6.07, 6.45) is 9.02. The summed E-state index contributed by atoms with van der Waals surface area (Å²) in [5.74, 6) is 0. The van der Waals surface area contributed by atoms with Gasteiger partial charge in [0.1, 0.15) is 0 Å². The first kappa shape index (κ1) is 9.75. The minimum absolute atomic E-state index is 0.00757. The number of hydrogen-bond acceptors (Lipinski definition) is 2. The number of hydrogen-bond donors (Lipinski definition) is 1. The van der Waals surface area contributed by atoms with Gasteiger partial charge < -0.3 is 10.5 Å². The molecule has 0 saturated heterocycles. The van der Waals surface area contributed by atoms with Gasteiger partial charge in [0.05, 0.1) is 5.60 Å². The Balaban J connectivity index is 2.55. The number of nitrogens with two attached hydrogens (primary N) is 1. The van der Waals surface area contributed by atoms with Crippen molar-refractivity contribution in [2.45, 2.75) is 44.2 Å². The molecule has 0 spiro atoms. The van der Waals surface area contributed by atoms with Gasteiger partial charge in [-0.05, 0) is 19.8 Å². The summed E-state index contributed by atoms with van der Waals surface area (Å²) >= 11 is 0. The highest BCUT2D eigenvalue weighted by molar-refractivity contribution is 5.06. The maximum atomic E-state index is 5.64. The van der Waals surface area contributed by atoms with Gasteiger partial charge in [-0.25, -0.2) is 0 Å². The lowest BCUT2D eigenvalue weighted by Crippen LogP contribution is -2.25. The summed E-state index contributed by atoms with van der Waals surface area (Å²) in [6, 6.07) is 0.137. The molecule has 1 fully saturated rings. The molecule has 1 rings (SSSR count). The summed E-state index contributed by atoms with van der Waals surface area (Å²) in [7, 11) is 1.79. The third kappa shape index (κ3) is 2.32. The molecule has 1 unspecified atom stereocenters. The monoisotopic (exact) mass is 169 g/mol. The Morgan fingerprint density at radius 1 is 1.42 bits per heavy atom. The lowest BCUT2D eigenvalue weighted by Gasteiger charge is -2.23. The van der Waals surface area contributed by atoms with Crippen LogP contribution in [0, 0.1) is 0 Å². The van der Waals surface area contributed by atoms with E-state index < -0.39 is 0 Å². The molecule has 2 heteroatoms. The zero-order chi connectivity index (χ0) is 9.03. The summed E-state index contributed by atoms with van der Waals surface area (Å²) < 4.78 is 5.51. The zero-order valence-corrected chi connectivity index (χ0v) is 8.05. The Hall–Kier alpha value is -0.340. The smallest absolute Gasteiger partial charge is 0.0859 e. The SMILES string of the molecule is COC1(/C=C/C(C)N)CCCC1. The largest absolute Gasteiger partial charge is 0.374 e. The molecule has 1 aliphatic rings. The van der Waals surface area contributed by atoms with E-state index in [0.29, 0.717) is 0 Å². The Morgan fingerprint density at radius 3 is 2.42 bits per heavy atom. The molecule has 12 heavy (non-hydrogen) atoms. The number of ether oxygens (including phenoxy) is 1. The van der Waals surface area contributed by atoms with Crippen LogP contribution in [-0.2, 0) is 4.74 Å². The summed E-state index contributed by atoms with van der Waals surface area (Å²) in [5.41, 5.74) is 5.65. The number of rotatable bonds is 3. The van der Waals surface area contributed by atoms with Crippen molar-refractivity contribution in [2.75, 3.05) is 7.11 Å². The fourth-order valence-corrected chi connectivity index (χ4v) is 1.74. The van der Waals surface area contributed by atoms with E-state index in [1.807, 2.05) is 13.0 Å². The second-order valence-electron chi connectivity index (χ2n) is 3.69. The Morgan fingerprint density at radius 2 is 2.00 bits per heavy atom. The lowest BCUT2D eigenvalue weighted by atomic mass is 10.0. The Kier molecular flexibility index (Phi) is 3.29. The van der Waals surface area contributed by atoms with Crippen LogP contribution in [0.2, 0.25) is 0 Å². The Labute approximate surface area is 74.8 Å². The Bertz CT molecular complexity index is 157. The van der Waals surface area contributed by atoms with Gasteiger partial charge in [-0.3, -0.25) is 0 Å². The predicted molar refractivity (Wildman–Crippen MR) is 51.0 cm³/mol. The number of methoxy groups -OCH3 is 1. The van der Waals surface area contributed by atoms with E-state index in [1.54, 1.807) is 7.11 Å². The summed E-state index contributed by atoms with van der Waals surface area (Å²) in [4.78, 5) is 0. The van der Waals surface area contributed by atoms with Gasteiger partial charge in [-0.2, -0.15) is 0 Å². The van der Waals surface area contributed by atoms with Crippen LogP contribution < -0.4 is 5.73 Å². The van der Waals surface area contributed by atoms with E-state index in [4.69, 9.17) is 10.5 Å². The van der Waals surface area contributed by atoms with Gasteiger partial charge in [-0.1, -0.05) is 25.0 Å². The molecule has 2 nitrogen and oxygen atoms in total.